The van der Waals surface area contributed by atoms with Gasteiger partial charge in [-0.15, -0.1) is 0 Å². The summed E-state index contributed by atoms with van der Waals surface area (Å²) in [6.45, 7) is 2.68. The van der Waals surface area contributed by atoms with Crippen LogP contribution in [0.1, 0.15) is 12.8 Å². The van der Waals surface area contributed by atoms with E-state index in [1.165, 1.54) is 4.31 Å². The van der Waals surface area contributed by atoms with Crippen LogP contribution in [0.4, 0.5) is 0 Å². The molecule has 0 unspecified atom stereocenters. The van der Waals surface area contributed by atoms with Crippen molar-refractivity contribution >= 4 is 16.1 Å². The molecule has 2 fully saturated rings. The Kier molecular flexibility index (Phi) is 4.41. The zero-order chi connectivity index (χ0) is 16.5. The summed E-state index contributed by atoms with van der Waals surface area (Å²) in [7, 11) is -3.69. The highest BCUT2D eigenvalue weighted by molar-refractivity contribution is 7.86. The molecule has 9 nitrogen and oxygen atoms in total. The summed E-state index contributed by atoms with van der Waals surface area (Å²) in [4.78, 5) is 14.9. The smallest absolute Gasteiger partial charge is 0.277 e. The molecule has 0 spiro atoms. The van der Waals surface area contributed by atoms with E-state index >= 15 is 0 Å². The van der Waals surface area contributed by atoms with E-state index in [0.717, 1.165) is 13.1 Å². The normalized spacial score (nSPS) is 22.9. The lowest BCUT2D eigenvalue weighted by Gasteiger charge is -2.42. The lowest BCUT2D eigenvalue weighted by Crippen LogP contribution is -2.60. The lowest BCUT2D eigenvalue weighted by atomic mass is 9.86. The van der Waals surface area contributed by atoms with Crippen LogP contribution in [-0.4, -0.2) is 72.6 Å². The Labute approximate surface area is 135 Å². The number of piperidine rings is 1. The third-order valence-corrected chi connectivity index (χ3v) is 5.74. The Bertz CT molecular complexity index is 645. The Morgan fingerprint density at radius 2 is 1.83 bits per heavy atom. The number of amides is 1. The maximum Gasteiger partial charge on any atom is 0.277 e. The van der Waals surface area contributed by atoms with Crippen LogP contribution in [0.3, 0.4) is 0 Å². The number of hydrogen-bond donors (Lipinski definition) is 2. The number of rotatable bonds is 3. The van der Waals surface area contributed by atoms with Crippen molar-refractivity contribution in [3.8, 4) is 0 Å². The van der Waals surface area contributed by atoms with Gasteiger partial charge in [-0.3, -0.25) is 9.48 Å². The van der Waals surface area contributed by atoms with Gasteiger partial charge in [0.2, 0.25) is 0 Å². The molecule has 2 aliphatic heterocycles. The maximum absolute atomic E-state index is 13.2. The van der Waals surface area contributed by atoms with Crippen molar-refractivity contribution in [2.75, 3.05) is 39.3 Å². The summed E-state index contributed by atoms with van der Waals surface area (Å²) in [6, 6.07) is 1.82. The van der Waals surface area contributed by atoms with Gasteiger partial charge in [0.1, 0.15) is 5.54 Å². The van der Waals surface area contributed by atoms with Crippen LogP contribution in [0.25, 0.3) is 0 Å². The van der Waals surface area contributed by atoms with Crippen molar-refractivity contribution in [2.24, 2.45) is 5.14 Å². The van der Waals surface area contributed by atoms with Crippen LogP contribution in [0.2, 0.25) is 0 Å². The van der Waals surface area contributed by atoms with E-state index in [0.29, 0.717) is 25.9 Å². The minimum atomic E-state index is -3.69. The summed E-state index contributed by atoms with van der Waals surface area (Å²) < 4.78 is 25.7. The molecule has 0 aliphatic carbocycles. The van der Waals surface area contributed by atoms with Gasteiger partial charge in [-0.2, -0.15) is 17.8 Å². The quantitative estimate of drug-likeness (QED) is 0.680. The second-order valence-corrected chi connectivity index (χ2v) is 7.51. The molecule has 1 aromatic rings. The number of piperazine rings is 1. The fraction of sp³-hybridized carbons (Fsp3) is 0.692. The fourth-order valence-electron chi connectivity index (χ4n) is 3.34. The summed E-state index contributed by atoms with van der Waals surface area (Å²) in [6.07, 6.45) is 4.84. The van der Waals surface area contributed by atoms with E-state index < -0.39 is 15.7 Å². The van der Waals surface area contributed by atoms with Crippen LogP contribution in [-0.2, 0) is 20.5 Å². The molecule has 1 amide bonds. The van der Waals surface area contributed by atoms with Gasteiger partial charge >= 0.3 is 0 Å². The predicted molar refractivity (Wildman–Crippen MR) is 83.6 cm³/mol. The van der Waals surface area contributed by atoms with Crippen molar-refractivity contribution in [3.63, 3.8) is 0 Å². The Morgan fingerprint density at radius 1 is 1.17 bits per heavy atom. The van der Waals surface area contributed by atoms with Gasteiger partial charge < -0.3 is 10.2 Å². The highest BCUT2D eigenvalue weighted by atomic mass is 32.2. The van der Waals surface area contributed by atoms with Gasteiger partial charge in [0.25, 0.3) is 16.1 Å². The highest BCUT2D eigenvalue weighted by Gasteiger charge is 2.45. The van der Waals surface area contributed by atoms with Crippen LogP contribution in [0, 0.1) is 0 Å². The fourth-order valence-corrected chi connectivity index (χ4v) is 4.02. The number of carbonyl (C=O) groups excluding carboxylic acids is 1. The molecule has 0 atom stereocenters. The highest BCUT2D eigenvalue weighted by Crippen LogP contribution is 2.29. The minimum Gasteiger partial charge on any atom is -0.338 e. The number of nitrogens with two attached hydrogens (primary N) is 1. The summed E-state index contributed by atoms with van der Waals surface area (Å²) >= 11 is 0. The number of carbonyl (C=O) groups is 1. The van der Waals surface area contributed by atoms with E-state index in [4.69, 9.17) is 5.14 Å². The monoisotopic (exact) mass is 342 g/mol. The van der Waals surface area contributed by atoms with E-state index in [1.54, 1.807) is 15.8 Å². The molecular formula is C13H22N6O3S. The molecule has 0 aromatic carbocycles. The van der Waals surface area contributed by atoms with Gasteiger partial charge in [0.15, 0.2) is 0 Å². The molecule has 10 heteroatoms. The first-order valence-corrected chi connectivity index (χ1v) is 9.22. The first-order chi connectivity index (χ1) is 10.9. The van der Waals surface area contributed by atoms with Crippen molar-refractivity contribution in [3.05, 3.63) is 18.5 Å². The van der Waals surface area contributed by atoms with Crippen LogP contribution in [0.5, 0.6) is 0 Å². The largest absolute Gasteiger partial charge is 0.338 e. The molecule has 1 aromatic heterocycles. The number of aromatic nitrogens is 2. The second-order valence-electron chi connectivity index (χ2n) is 5.97. The Hall–Kier alpha value is -1.49. The predicted octanol–water partition coefficient (Wildman–Crippen LogP) is -1.69. The molecule has 0 radical (unpaired) electrons. The molecule has 3 rings (SSSR count). The second kappa shape index (κ2) is 6.19. The van der Waals surface area contributed by atoms with Gasteiger partial charge in [0.05, 0.1) is 0 Å². The number of nitrogens with zero attached hydrogens (tertiary/aromatic N) is 4. The van der Waals surface area contributed by atoms with Crippen molar-refractivity contribution < 1.29 is 13.2 Å². The zero-order valence-electron chi connectivity index (χ0n) is 12.9. The first-order valence-electron chi connectivity index (χ1n) is 7.72. The van der Waals surface area contributed by atoms with E-state index in [1.807, 2.05) is 12.3 Å². The van der Waals surface area contributed by atoms with E-state index in [-0.39, 0.29) is 19.0 Å². The molecule has 3 N–H and O–H groups in total. The Balaban J connectivity index is 1.78. The molecule has 23 heavy (non-hydrogen) atoms. The van der Waals surface area contributed by atoms with Gasteiger partial charge in [-0.05, 0) is 32.0 Å². The SMILES string of the molecule is NS(=O)(=O)N1CCN(C(=O)C2(n3cccn3)CCNCC2)CC1. The average molecular weight is 342 g/mol. The number of nitrogens with one attached hydrogen (secondary N) is 1. The zero-order valence-corrected chi connectivity index (χ0v) is 13.7. The van der Waals surface area contributed by atoms with Crippen molar-refractivity contribution in [2.45, 2.75) is 18.4 Å². The van der Waals surface area contributed by atoms with Crippen molar-refractivity contribution in [1.82, 2.24) is 24.3 Å². The van der Waals surface area contributed by atoms with Gasteiger partial charge in [-0.25, -0.2) is 5.14 Å². The molecule has 128 valence electrons. The first kappa shape index (κ1) is 16.4. The third-order valence-electron chi connectivity index (χ3n) is 4.66. The molecule has 0 saturated carbocycles. The van der Waals surface area contributed by atoms with Crippen molar-refractivity contribution in [1.29, 1.82) is 0 Å². The van der Waals surface area contributed by atoms with Crippen LogP contribution >= 0.6 is 0 Å². The topological polar surface area (TPSA) is 114 Å². The average Bonchev–Trinajstić information content (AvgIpc) is 3.09. The Morgan fingerprint density at radius 3 is 2.35 bits per heavy atom. The van der Waals surface area contributed by atoms with Gasteiger partial charge in [-0.1, -0.05) is 0 Å². The molecule has 2 saturated heterocycles. The summed E-state index contributed by atoms with van der Waals surface area (Å²) in [5.74, 6) is 0.0109. The summed E-state index contributed by atoms with van der Waals surface area (Å²) in [5.41, 5.74) is -0.682. The molecule has 3 heterocycles. The van der Waals surface area contributed by atoms with Crippen LogP contribution < -0.4 is 10.5 Å². The lowest BCUT2D eigenvalue weighted by molar-refractivity contribution is -0.144. The van der Waals surface area contributed by atoms with E-state index in [2.05, 4.69) is 10.4 Å². The van der Waals surface area contributed by atoms with Gasteiger partial charge in [0, 0.05) is 38.6 Å². The third kappa shape index (κ3) is 3.11. The molecule has 2 aliphatic rings. The maximum atomic E-state index is 13.2. The standard InChI is InChI=1S/C13H22N6O3S/c14-23(21,22)18-10-8-17(9-11-18)12(20)13(2-5-15-6-3-13)19-7-1-4-16-19/h1,4,7,15H,2-3,5-6,8-11H2,(H2,14,21,22). The van der Waals surface area contributed by atoms with E-state index in [9.17, 15) is 13.2 Å². The molecular weight excluding hydrogens is 320 g/mol. The molecule has 0 bridgehead atoms. The number of hydrogen-bond acceptors (Lipinski definition) is 5. The summed E-state index contributed by atoms with van der Waals surface area (Å²) in [5, 5.41) is 12.7. The van der Waals surface area contributed by atoms with Crippen LogP contribution in [0.15, 0.2) is 18.5 Å². The minimum absolute atomic E-state index is 0.0109.